The van der Waals surface area contributed by atoms with Crippen LogP contribution in [0.15, 0.2) is 42.7 Å². The molecule has 0 aliphatic rings. The summed E-state index contributed by atoms with van der Waals surface area (Å²) in [5.41, 5.74) is 7.32. The lowest BCUT2D eigenvalue weighted by Gasteiger charge is -2.12. The molecule has 1 aromatic heterocycles. The van der Waals surface area contributed by atoms with E-state index in [1.165, 1.54) is 0 Å². The molecule has 16 heavy (non-hydrogen) atoms. The van der Waals surface area contributed by atoms with Gasteiger partial charge in [-0.25, -0.2) is 4.98 Å². The third kappa shape index (κ3) is 2.31. The lowest BCUT2D eigenvalue weighted by Crippen LogP contribution is -2.16. The fourth-order valence-corrected chi connectivity index (χ4v) is 1.83. The van der Waals surface area contributed by atoms with E-state index in [9.17, 15) is 0 Å². The van der Waals surface area contributed by atoms with Crippen LogP contribution in [0.25, 0.3) is 0 Å². The predicted molar refractivity (Wildman–Crippen MR) is 65.0 cm³/mol. The van der Waals surface area contributed by atoms with Crippen LogP contribution in [0.2, 0.25) is 0 Å². The quantitative estimate of drug-likeness (QED) is 0.849. The second-order valence-electron chi connectivity index (χ2n) is 3.85. The van der Waals surface area contributed by atoms with Crippen LogP contribution in [-0.2, 0) is 13.0 Å². The van der Waals surface area contributed by atoms with Crippen LogP contribution in [0.5, 0.6) is 0 Å². The topological polar surface area (TPSA) is 43.8 Å². The number of hydrogen-bond acceptors (Lipinski definition) is 2. The Bertz CT molecular complexity index is 433. The molecular weight excluding hydrogens is 198 g/mol. The van der Waals surface area contributed by atoms with Crippen molar-refractivity contribution >= 4 is 0 Å². The van der Waals surface area contributed by atoms with E-state index in [4.69, 9.17) is 5.73 Å². The summed E-state index contributed by atoms with van der Waals surface area (Å²) in [6.07, 6.45) is 4.61. The molecule has 0 aliphatic carbocycles. The summed E-state index contributed by atoms with van der Waals surface area (Å²) in [4.78, 5) is 4.34. The van der Waals surface area contributed by atoms with Gasteiger partial charge in [-0.05, 0) is 12.5 Å². The molecule has 0 saturated carbocycles. The standard InChI is InChI=1S/C13H17N3/c1-2-16-9-8-15-13(16)10-12(14)11-6-4-3-5-7-11/h3-9,12H,2,10,14H2,1H3. The minimum atomic E-state index is 0.0221. The fraction of sp³-hybridized carbons (Fsp3) is 0.308. The van der Waals surface area contributed by atoms with E-state index in [2.05, 4.69) is 28.6 Å². The first kappa shape index (κ1) is 10.9. The Morgan fingerprint density at radius 2 is 2.06 bits per heavy atom. The van der Waals surface area contributed by atoms with Crippen molar-refractivity contribution in [1.29, 1.82) is 0 Å². The van der Waals surface area contributed by atoms with E-state index in [0.29, 0.717) is 0 Å². The van der Waals surface area contributed by atoms with Crippen LogP contribution >= 0.6 is 0 Å². The Morgan fingerprint density at radius 3 is 2.75 bits per heavy atom. The Labute approximate surface area is 95.9 Å². The van der Waals surface area contributed by atoms with Crippen LogP contribution < -0.4 is 5.73 Å². The molecule has 84 valence electrons. The highest BCUT2D eigenvalue weighted by Crippen LogP contribution is 2.14. The molecule has 0 saturated heterocycles. The third-order valence-electron chi connectivity index (χ3n) is 2.77. The normalized spacial score (nSPS) is 12.6. The minimum Gasteiger partial charge on any atom is -0.335 e. The van der Waals surface area contributed by atoms with E-state index < -0.39 is 0 Å². The van der Waals surface area contributed by atoms with Crippen molar-refractivity contribution in [2.24, 2.45) is 5.73 Å². The van der Waals surface area contributed by atoms with Gasteiger partial charge in [-0.3, -0.25) is 0 Å². The summed E-state index contributed by atoms with van der Waals surface area (Å²) >= 11 is 0. The highest BCUT2D eigenvalue weighted by atomic mass is 15.1. The van der Waals surface area contributed by atoms with Crippen LogP contribution in [0, 0.1) is 0 Å². The Morgan fingerprint density at radius 1 is 1.31 bits per heavy atom. The number of imidazole rings is 1. The third-order valence-corrected chi connectivity index (χ3v) is 2.77. The fourth-order valence-electron chi connectivity index (χ4n) is 1.83. The number of nitrogens with zero attached hydrogens (tertiary/aromatic N) is 2. The van der Waals surface area contributed by atoms with Crippen LogP contribution in [0.3, 0.4) is 0 Å². The zero-order valence-electron chi connectivity index (χ0n) is 9.50. The van der Waals surface area contributed by atoms with Crippen molar-refractivity contribution in [3.05, 3.63) is 54.1 Å². The molecule has 1 atom stereocenters. The SMILES string of the molecule is CCn1ccnc1CC(N)c1ccccc1. The summed E-state index contributed by atoms with van der Waals surface area (Å²) < 4.78 is 2.13. The van der Waals surface area contributed by atoms with Gasteiger partial charge in [0.2, 0.25) is 0 Å². The zero-order chi connectivity index (χ0) is 11.4. The van der Waals surface area contributed by atoms with Gasteiger partial charge in [-0.15, -0.1) is 0 Å². The highest BCUT2D eigenvalue weighted by Gasteiger charge is 2.09. The van der Waals surface area contributed by atoms with E-state index in [-0.39, 0.29) is 6.04 Å². The zero-order valence-corrected chi connectivity index (χ0v) is 9.50. The van der Waals surface area contributed by atoms with Gasteiger partial charge in [0, 0.05) is 31.4 Å². The van der Waals surface area contributed by atoms with Crippen LogP contribution in [0.1, 0.15) is 24.4 Å². The molecule has 3 nitrogen and oxygen atoms in total. The average molecular weight is 215 g/mol. The maximum absolute atomic E-state index is 6.16. The Kier molecular flexibility index (Phi) is 3.37. The molecule has 1 heterocycles. The molecule has 3 heteroatoms. The maximum atomic E-state index is 6.16. The molecule has 0 fully saturated rings. The molecule has 0 amide bonds. The molecule has 1 aromatic carbocycles. The average Bonchev–Trinajstić information content (AvgIpc) is 2.77. The van der Waals surface area contributed by atoms with Crippen molar-refractivity contribution in [2.75, 3.05) is 0 Å². The number of benzene rings is 1. The van der Waals surface area contributed by atoms with Gasteiger partial charge in [-0.1, -0.05) is 30.3 Å². The first-order valence-corrected chi connectivity index (χ1v) is 5.61. The first-order valence-electron chi connectivity index (χ1n) is 5.61. The van der Waals surface area contributed by atoms with E-state index >= 15 is 0 Å². The summed E-state index contributed by atoms with van der Waals surface area (Å²) in [5, 5.41) is 0. The molecule has 0 aliphatic heterocycles. The summed E-state index contributed by atoms with van der Waals surface area (Å²) in [7, 11) is 0. The van der Waals surface area contributed by atoms with Gasteiger partial charge in [0.25, 0.3) is 0 Å². The molecule has 0 bridgehead atoms. The molecular formula is C13H17N3. The number of hydrogen-bond donors (Lipinski definition) is 1. The molecule has 2 rings (SSSR count). The molecule has 0 radical (unpaired) electrons. The number of aryl methyl sites for hydroxylation is 1. The van der Waals surface area contributed by atoms with Crippen molar-refractivity contribution in [2.45, 2.75) is 25.9 Å². The van der Waals surface area contributed by atoms with E-state index in [1.54, 1.807) is 0 Å². The second kappa shape index (κ2) is 4.94. The largest absolute Gasteiger partial charge is 0.335 e. The van der Waals surface area contributed by atoms with Gasteiger partial charge in [0.15, 0.2) is 0 Å². The Hall–Kier alpha value is -1.61. The maximum Gasteiger partial charge on any atom is 0.110 e. The van der Waals surface area contributed by atoms with E-state index in [1.807, 2.05) is 30.6 Å². The molecule has 2 aromatic rings. The number of rotatable bonds is 4. The van der Waals surface area contributed by atoms with Gasteiger partial charge in [0.05, 0.1) is 0 Å². The van der Waals surface area contributed by atoms with Gasteiger partial charge < -0.3 is 10.3 Å². The summed E-state index contributed by atoms with van der Waals surface area (Å²) in [6, 6.07) is 10.2. The van der Waals surface area contributed by atoms with Crippen molar-refractivity contribution in [3.63, 3.8) is 0 Å². The predicted octanol–water partition coefficient (Wildman–Crippen LogP) is 2.15. The summed E-state index contributed by atoms with van der Waals surface area (Å²) in [5.74, 6) is 1.05. The van der Waals surface area contributed by atoms with E-state index in [0.717, 1.165) is 24.4 Å². The lowest BCUT2D eigenvalue weighted by atomic mass is 10.0. The Balaban J connectivity index is 2.11. The highest BCUT2D eigenvalue weighted by molar-refractivity contribution is 5.19. The first-order chi connectivity index (χ1) is 7.81. The second-order valence-corrected chi connectivity index (χ2v) is 3.85. The van der Waals surface area contributed by atoms with Crippen molar-refractivity contribution in [3.8, 4) is 0 Å². The van der Waals surface area contributed by atoms with Crippen LogP contribution in [0.4, 0.5) is 0 Å². The van der Waals surface area contributed by atoms with Crippen molar-refractivity contribution in [1.82, 2.24) is 9.55 Å². The van der Waals surface area contributed by atoms with Crippen molar-refractivity contribution < 1.29 is 0 Å². The molecule has 2 N–H and O–H groups in total. The minimum absolute atomic E-state index is 0.0221. The summed E-state index contributed by atoms with van der Waals surface area (Å²) in [6.45, 7) is 3.05. The van der Waals surface area contributed by atoms with Gasteiger partial charge in [-0.2, -0.15) is 0 Å². The number of nitrogens with two attached hydrogens (primary N) is 1. The monoisotopic (exact) mass is 215 g/mol. The smallest absolute Gasteiger partial charge is 0.110 e. The lowest BCUT2D eigenvalue weighted by molar-refractivity contribution is 0.628. The molecule has 1 unspecified atom stereocenters. The molecule has 0 spiro atoms. The van der Waals surface area contributed by atoms with Gasteiger partial charge >= 0.3 is 0 Å². The number of aromatic nitrogens is 2. The van der Waals surface area contributed by atoms with Crippen LogP contribution in [-0.4, -0.2) is 9.55 Å². The van der Waals surface area contributed by atoms with Gasteiger partial charge in [0.1, 0.15) is 5.82 Å².